The van der Waals surface area contributed by atoms with Gasteiger partial charge in [0.1, 0.15) is 5.76 Å². The molecule has 25 heavy (non-hydrogen) atoms. The fourth-order valence-corrected chi connectivity index (χ4v) is 2.57. The molecule has 1 N–H and O–H groups in total. The molecular weight excluding hydrogens is 348 g/mol. The van der Waals surface area contributed by atoms with Crippen molar-refractivity contribution >= 4 is 29.0 Å². The number of nitrogens with zero attached hydrogens (tertiary/aromatic N) is 3. The van der Waals surface area contributed by atoms with Gasteiger partial charge in [-0.2, -0.15) is 0 Å². The van der Waals surface area contributed by atoms with Crippen LogP contribution in [0.25, 0.3) is 11.5 Å². The number of rotatable bonds is 6. The molecule has 9 nitrogen and oxygen atoms in total. The standard InChI is InChI=1S/C15H12N4O5S/c1-9-12(5-6-23-9)14-17-18-15(24-14)25-8-13(20)16-10-3-2-4-11(7-10)19(21)22/h2-7H,8H2,1H3,(H,16,20). The van der Waals surface area contributed by atoms with E-state index >= 15 is 0 Å². The van der Waals surface area contributed by atoms with E-state index in [1.807, 2.05) is 0 Å². The second kappa shape index (κ2) is 7.18. The van der Waals surface area contributed by atoms with Gasteiger partial charge in [0, 0.05) is 17.8 Å². The molecular formula is C15H12N4O5S. The highest BCUT2D eigenvalue weighted by Gasteiger charge is 2.15. The Morgan fingerprint density at radius 2 is 2.20 bits per heavy atom. The number of anilines is 1. The van der Waals surface area contributed by atoms with E-state index in [0.29, 0.717) is 22.9 Å². The molecule has 0 saturated heterocycles. The molecule has 0 atom stereocenters. The van der Waals surface area contributed by atoms with E-state index in [0.717, 1.165) is 11.8 Å². The Bertz CT molecular complexity index is 920. The zero-order chi connectivity index (χ0) is 17.8. The summed E-state index contributed by atoms with van der Waals surface area (Å²) in [6, 6.07) is 7.42. The maximum Gasteiger partial charge on any atom is 0.277 e. The first kappa shape index (κ1) is 16.7. The number of aromatic nitrogens is 2. The van der Waals surface area contributed by atoms with Gasteiger partial charge in [0.2, 0.25) is 5.91 Å². The second-order valence-corrected chi connectivity index (χ2v) is 5.83. The minimum Gasteiger partial charge on any atom is -0.469 e. The minimum absolute atomic E-state index is 0.0225. The summed E-state index contributed by atoms with van der Waals surface area (Å²) < 4.78 is 10.6. The summed E-state index contributed by atoms with van der Waals surface area (Å²) in [5.41, 5.74) is 0.947. The highest BCUT2D eigenvalue weighted by Crippen LogP contribution is 2.26. The van der Waals surface area contributed by atoms with Crippen molar-refractivity contribution in [3.05, 3.63) is 52.5 Å². The highest BCUT2D eigenvalue weighted by molar-refractivity contribution is 7.99. The van der Waals surface area contributed by atoms with Gasteiger partial charge >= 0.3 is 0 Å². The second-order valence-electron chi connectivity index (χ2n) is 4.91. The average Bonchev–Trinajstić information content (AvgIpc) is 3.21. The summed E-state index contributed by atoms with van der Waals surface area (Å²) in [6.45, 7) is 1.78. The van der Waals surface area contributed by atoms with Crippen LogP contribution in [-0.2, 0) is 4.79 Å². The predicted octanol–water partition coefficient (Wildman–Crippen LogP) is 3.28. The summed E-state index contributed by atoms with van der Waals surface area (Å²) >= 11 is 1.07. The summed E-state index contributed by atoms with van der Waals surface area (Å²) in [6.07, 6.45) is 1.52. The number of thioether (sulfide) groups is 1. The Morgan fingerprint density at radius 3 is 2.92 bits per heavy atom. The van der Waals surface area contributed by atoms with Crippen LogP contribution in [0.2, 0.25) is 0 Å². The molecule has 0 aliphatic rings. The highest BCUT2D eigenvalue weighted by atomic mass is 32.2. The Morgan fingerprint density at radius 1 is 1.36 bits per heavy atom. The number of furan rings is 1. The summed E-state index contributed by atoms with van der Waals surface area (Å²) in [5, 5.41) is 21.3. The van der Waals surface area contributed by atoms with E-state index < -0.39 is 4.92 Å². The van der Waals surface area contributed by atoms with Gasteiger partial charge in [-0.25, -0.2) is 0 Å². The molecule has 3 rings (SSSR count). The van der Waals surface area contributed by atoms with E-state index in [1.165, 1.54) is 24.5 Å². The number of hydrogen-bond acceptors (Lipinski definition) is 8. The maximum atomic E-state index is 11.9. The molecule has 1 amide bonds. The van der Waals surface area contributed by atoms with Gasteiger partial charge in [0.05, 0.1) is 22.5 Å². The third-order valence-corrected chi connectivity index (χ3v) is 3.98. The number of nitrogens with one attached hydrogen (secondary N) is 1. The first-order valence-corrected chi connectivity index (χ1v) is 8.06. The lowest BCUT2D eigenvalue weighted by atomic mass is 10.3. The number of aryl methyl sites for hydroxylation is 1. The maximum absolute atomic E-state index is 11.9. The van der Waals surface area contributed by atoms with Crippen molar-refractivity contribution in [1.29, 1.82) is 0 Å². The lowest BCUT2D eigenvalue weighted by Gasteiger charge is -2.03. The lowest BCUT2D eigenvalue weighted by molar-refractivity contribution is -0.384. The number of hydrogen-bond donors (Lipinski definition) is 1. The molecule has 0 fully saturated rings. The third kappa shape index (κ3) is 4.04. The van der Waals surface area contributed by atoms with E-state index in [1.54, 1.807) is 19.1 Å². The number of nitro groups is 1. The molecule has 0 radical (unpaired) electrons. The number of amides is 1. The fourth-order valence-electron chi connectivity index (χ4n) is 2.01. The quantitative estimate of drug-likeness (QED) is 0.403. The largest absolute Gasteiger partial charge is 0.469 e. The van der Waals surface area contributed by atoms with E-state index in [2.05, 4.69) is 15.5 Å². The van der Waals surface area contributed by atoms with Crippen molar-refractivity contribution in [2.24, 2.45) is 0 Å². The van der Waals surface area contributed by atoms with Crippen LogP contribution in [0.4, 0.5) is 11.4 Å². The number of carbonyl (C=O) groups excluding carboxylic acids is 1. The fraction of sp³-hybridized carbons (Fsp3) is 0.133. The van der Waals surface area contributed by atoms with Gasteiger partial charge < -0.3 is 14.2 Å². The first-order valence-electron chi connectivity index (χ1n) is 7.08. The number of benzene rings is 1. The molecule has 0 aliphatic carbocycles. The molecule has 10 heteroatoms. The van der Waals surface area contributed by atoms with Crippen molar-refractivity contribution in [2.75, 3.05) is 11.1 Å². The van der Waals surface area contributed by atoms with Crippen LogP contribution in [0.5, 0.6) is 0 Å². The van der Waals surface area contributed by atoms with E-state index in [9.17, 15) is 14.9 Å². The third-order valence-electron chi connectivity index (χ3n) is 3.16. The summed E-state index contributed by atoms with van der Waals surface area (Å²) in [7, 11) is 0. The molecule has 0 unspecified atom stereocenters. The van der Waals surface area contributed by atoms with Crippen LogP contribution < -0.4 is 5.32 Å². The van der Waals surface area contributed by atoms with Crippen molar-refractivity contribution in [3.63, 3.8) is 0 Å². The van der Waals surface area contributed by atoms with Crippen LogP contribution >= 0.6 is 11.8 Å². The Hall–Kier alpha value is -3.14. The van der Waals surface area contributed by atoms with Gasteiger partial charge in [-0.3, -0.25) is 14.9 Å². The van der Waals surface area contributed by atoms with Gasteiger partial charge in [0.25, 0.3) is 16.8 Å². The molecule has 2 aromatic heterocycles. The van der Waals surface area contributed by atoms with Crippen LogP contribution in [0.15, 0.2) is 50.7 Å². The van der Waals surface area contributed by atoms with Crippen molar-refractivity contribution in [2.45, 2.75) is 12.1 Å². The molecule has 0 saturated carbocycles. The smallest absolute Gasteiger partial charge is 0.277 e. The Labute approximate surface area is 145 Å². The van der Waals surface area contributed by atoms with Gasteiger partial charge in [-0.15, -0.1) is 10.2 Å². The van der Waals surface area contributed by atoms with Gasteiger partial charge in [0.15, 0.2) is 0 Å². The lowest BCUT2D eigenvalue weighted by Crippen LogP contribution is -2.14. The van der Waals surface area contributed by atoms with Gasteiger partial charge in [-0.1, -0.05) is 17.8 Å². The number of carbonyl (C=O) groups is 1. The average molecular weight is 360 g/mol. The summed E-state index contributed by atoms with van der Waals surface area (Å²) in [5.74, 6) is 0.649. The zero-order valence-corrected chi connectivity index (χ0v) is 13.8. The molecule has 0 bridgehead atoms. The molecule has 3 aromatic rings. The topological polar surface area (TPSA) is 124 Å². The Kier molecular flexibility index (Phi) is 4.80. The summed E-state index contributed by atoms with van der Waals surface area (Å²) in [4.78, 5) is 22.2. The van der Waals surface area contributed by atoms with Crippen molar-refractivity contribution in [1.82, 2.24) is 10.2 Å². The monoisotopic (exact) mass is 360 g/mol. The molecule has 1 aromatic carbocycles. The van der Waals surface area contributed by atoms with E-state index in [4.69, 9.17) is 8.83 Å². The number of non-ortho nitro benzene ring substituents is 1. The van der Waals surface area contributed by atoms with Crippen LogP contribution in [0, 0.1) is 17.0 Å². The first-order chi connectivity index (χ1) is 12.0. The van der Waals surface area contributed by atoms with Crippen LogP contribution in [0.1, 0.15) is 5.76 Å². The zero-order valence-electron chi connectivity index (χ0n) is 13.0. The SMILES string of the molecule is Cc1occc1-c1nnc(SCC(=O)Nc2cccc([N+](=O)[O-])c2)o1. The normalized spacial score (nSPS) is 10.6. The molecule has 0 aliphatic heterocycles. The van der Waals surface area contributed by atoms with Crippen molar-refractivity contribution in [3.8, 4) is 11.5 Å². The minimum atomic E-state index is -0.526. The number of nitro benzene ring substituents is 1. The Balaban J connectivity index is 1.58. The van der Waals surface area contributed by atoms with Crippen LogP contribution in [-0.4, -0.2) is 26.8 Å². The van der Waals surface area contributed by atoms with E-state index in [-0.39, 0.29) is 22.6 Å². The molecule has 0 spiro atoms. The molecule has 2 heterocycles. The predicted molar refractivity (Wildman–Crippen MR) is 89.2 cm³/mol. The molecule has 128 valence electrons. The van der Waals surface area contributed by atoms with Crippen molar-refractivity contribution < 1.29 is 18.6 Å². The van der Waals surface area contributed by atoms with Crippen LogP contribution in [0.3, 0.4) is 0 Å². The van der Waals surface area contributed by atoms with Gasteiger partial charge in [-0.05, 0) is 19.1 Å².